The van der Waals surface area contributed by atoms with E-state index in [2.05, 4.69) is 0 Å². The molecule has 2 amide bonds. The van der Waals surface area contributed by atoms with Gasteiger partial charge in [-0.15, -0.1) is 0 Å². The Balaban J connectivity index is 2.01. The van der Waals surface area contributed by atoms with Crippen LogP contribution in [0.4, 0.5) is 0 Å². The molecule has 0 radical (unpaired) electrons. The molecule has 0 N–H and O–H groups in total. The molecule has 23 heavy (non-hydrogen) atoms. The van der Waals surface area contributed by atoms with Gasteiger partial charge in [0.1, 0.15) is 5.76 Å². The summed E-state index contributed by atoms with van der Waals surface area (Å²) in [5.74, 6) is 0.841. The first-order valence-electron chi connectivity index (χ1n) is 8.21. The summed E-state index contributed by atoms with van der Waals surface area (Å²) in [6.45, 7) is 8.18. The van der Waals surface area contributed by atoms with E-state index in [4.69, 9.17) is 9.15 Å². The number of carbonyl (C=O) groups excluding carboxylic acids is 2. The van der Waals surface area contributed by atoms with Gasteiger partial charge >= 0.3 is 0 Å². The number of carbonyl (C=O) groups is 2. The van der Waals surface area contributed by atoms with Gasteiger partial charge in [0.05, 0.1) is 25.5 Å². The molecule has 1 aliphatic rings. The normalized spacial score (nSPS) is 18.3. The fourth-order valence-electron chi connectivity index (χ4n) is 2.71. The fraction of sp³-hybridized carbons (Fsp3) is 0.647. The Hall–Kier alpha value is -1.82. The second-order valence-electron chi connectivity index (χ2n) is 6.14. The molecule has 0 spiro atoms. The molecule has 1 aromatic rings. The van der Waals surface area contributed by atoms with Crippen molar-refractivity contribution in [2.45, 2.75) is 39.8 Å². The molecule has 1 fully saturated rings. The third-order valence-electron chi connectivity index (χ3n) is 3.95. The van der Waals surface area contributed by atoms with E-state index >= 15 is 0 Å². The number of ether oxygens (including phenoxy) is 1. The van der Waals surface area contributed by atoms with Crippen LogP contribution in [0.25, 0.3) is 0 Å². The van der Waals surface area contributed by atoms with E-state index in [9.17, 15) is 9.59 Å². The van der Waals surface area contributed by atoms with Gasteiger partial charge in [-0.3, -0.25) is 9.59 Å². The number of rotatable bonds is 6. The summed E-state index contributed by atoms with van der Waals surface area (Å²) >= 11 is 0. The molecule has 6 heteroatoms. The van der Waals surface area contributed by atoms with Gasteiger partial charge in [0, 0.05) is 32.0 Å². The second kappa shape index (κ2) is 8.15. The van der Waals surface area contributed by atoms with Crippen molar-refractivity contribution in [3.8, 4) is 0 Å². The molecule has 1 atom stereocenters. The summed E-state index contributed by atoms with van der Waals surface area (Å²) in [6, 6.07) is 3.67. The molecule has 0 aromatic carbocycles. The first-order chi connectivity index (χ1) is 11.0. The molecule has 128 valence electrons. The van der Waals surface area contributed by atoms with E-state index in [1.54, 1.807) is 11.2 Å². The van der Waals surface area contributed by atoms with Crippen molar-refractivity contribution in [2.24, 2.45) is 5.92 Å². The average Bonchev–Trinajstić information content (AvgIpc) is 3.06. The molecule has 1 aliphatic heterocycles. The largest absolute Gasteiger partial charge is 0.467 e. The zero-order chi connectivity index (χ0) is 16.8. The van der Waals surface area contributed by atoms with Gasteiger partial charge in [0.2, 0.25) is 11.8 Å². The molecular formula is C17H26N2O4. The Morgan fingerprint density at radius 2 is 2.22 bits per heavy atom. The quantitative estimate of drug-likeness (QED) is 0.802. The number of morpholine rings is 1. The third-order valence-corrected chi connectivity index (χ3v) is 3.95. The van der Waals surface area contributed by atoms with E-state index < -0.39 is 0 Å². The predicted octanol–water partition coefficient (Wildman–Crippen LogP) is 1.90. The first-order valence-corrected chi connectivity index (χ1v) is 8.21. The van der Waals surface area contributed by atoms with Crippen LogP contribution in [-0.4, -0.2) is 54.0 Å². The van der Waals surface area contributed by atoms with E-state index in [-0.39, 0.29) is 23.8 Å². The Bertz CT molecular complexity index is 513. The van der Waals surface area contributed by atoms with Gasteiger partial charge < -0.3 is 19.0 Å². The molecular weight excluding hydrogens is 296 g/mol. The maximum absolute atomic E-state index is 12.5. The van der Waals surface area contributed by atoms with E-state index in [0.717, 1.165) is 5.76 Å². The smallest absolute Gasteiger partial charge is 0.225 e. The molecule has 2 heterocycles. The van der Waals surface area contributed by atoms with Gasteiger partial charge in [0.25, 0.3) is 0 Å². The van der Waals surface area contributed by atoms with E-state index in [0.29, 0.717) is 39.2 Å². The highest BCUT2D eigenvalue weighted by Crippen LogP contribution is 2.14. The summed E-state index contributed by atoms with van der Waals surface area (Å²) in [5, 5.41) is 0. The molecule has 1 unspecified atom stereocenters. The third kappa shape index (κ3) is 4.82. The Labute approximate surface area is 137 Å². The van der Waals surface area contributed by atoms with Crippen LogP contribution in [0.1, 0.15) is 33.0 Å². The Morgan fingerprint density at radius 3 is 2.83 bits per heavy atom. The summed E-state index contributed by atoms with van der Waals surface area (Å²) in [4.78, 5) is 27.9. The van der Waals surface area contributed by atoms with Gasteiger partial charge in [-0.2, -0.15) is 0 Å². The number of hydrogen-bond donors (Lipinski definition) is 0. The van der Waals surface area contributed by atoms with Crippen LogP contribution in [0.2, 0.25) is 0 Å². The first kappa shape index (κ1) is 17.5. The number of amides is 2. The maximum atomic E-state index is 12.5. The minimum atomic E-state index is -0.156. The van der Waals surface area contributed by atoms with Gasteiger partial charge in [0.15, 0.2) is 0 Å². The van der Waals surface area contributed by atoms with Crippen molar-refractivity contribution in [1.29, 1.82) is 0 Å². The lowest BCUT2D eigenvalue weighted by atomic mass is 10.1. The average molecular weight is 322 g/mol. The lowest BCUT2D eigenvalue weighted by Crippen LogP contribution is -2.50. The minimum absolute atomic E-state index is 0.0592. The highest BCUT2D eigenvalue weighted by Gasteiger charge is 2.28. The highest BCUT2D eigenvalue weighted by molar-refractivity contribution is 5.78. The zero-order valence-corrected chi connectivity index (χ0v) is 14.2. The lowest BCUT2D eigenvalue weighted by Gasteiger charge is -2.36. The number of nitrogens with zero attached hydrogens (tertiary/aromatic N) is 2. The fourth-order valence-corrected chi connectivity index (χ4v) is 2.71. The monoisotopic (exact) mass is 322 g/mol. The predicted molar refractivity (Wildman–Crippen MR) is 85.6 cm³/mol. The van der Waals surface area contributed by atoms with Crippen molar-refractivity contribution in [1.82, 2.24) is 9.80 Å². The molecule has 0 aliphatic carbocycles. The van der Waals surface area contributed by atoms with Crippen molar-refractivity contribution < 1.29 is 18.7 Å². The Morgan fingerprint density at radius 1 is 1.43 bits per heavy atom. The lowest BCUT2D eigenvalue weighted by molar-refractivity contribution is -0.143. The highest BCUT2D eigenvalue weighted by atomic mass is 16.5. The Kier molecular flexibility index (Phi) is 6.21. The summed E-state index contributed by atoms with van der Waals surface area (Å²) in [6.07, 6.45) is 1.94. The molecule has 1 aromatic heterocycles. The second-order valence-corrected chi connectivity index (χ2v) is 6.14. The van der Waals surface area contributed by atoms with Crippen LogP contribution in [0, 0.1) is 5.92 Å². The zero-order valence-electron chi connectivity index (χ0n) is 14.2. The topological polar surface area (TPSA) is 63.0 Å². The van der Waals surface area contributed by atoms with Crippen LogP contribution < -0.4 is 0 Å². The van der Waals surface area contributed by atoms with Gasteiger partial charge in [-0.05, 0) is 12.1 Å². The van der Waals surface area contributed by atoms with Crippen molar-refractivity contribution >= 4 is 11.8 Å². The maximum Gasteiger partial charge on any atom is 0.225 e. The minimum Gasteiger partial charge on any atom is -0.467 e. The van der Waals surface area contributed by atoms with Gasteiger partial charge in [-0.25, -0.2) is 0 Å². The molecule has 6 nitrogen and oxygen atoms in total. The summed E-state index contributed by atoms with van der Waals surface area (Å²) in [5.41, 5.74) is 0. The molecule has 0 saturated carbocycles. The molecule has 2 rings (SSSR count). The van der Waals surface area contributed by atoms with E-state index in [1.165, 1.54) is 0 Å². The molecule has 1 saturated heterocycles. The van der Waals surface area contributed by atoms with E-state index in [1.807, 2.05) is 37.8 Å². The summed E-state index contributed by atoms with van der Waals surface area (Å²) in [7, 11) is 0. The van der Waals surface area contributed by atoms with Crippen molar-refractivity contribution in [2.75, 3.05) is 26.2 Å². The van der Waals surface area contributed by atoms with Crippen LogP contribution in [0.5, 0.6) is 0 Å². The SMILES string of the molecule is CCC(=O)N1CCOC(CN(Cc2ccco2)C(=O)C(C)C)C1. The van der Waals surface area contributed by atoms with Crippen LogP contribution in [0.15, 0.2) is 22.8 Å². The van der Waals surface area contributed by atoms with Crippen LogP contribution in [-0.2, 0) is 20.9 Å². The number of hydrogen-bond acceptors (Lipinski definition) is 4. The summed E-state index contributed by atoms with van der Waals surface area (Å²) < 4.78 is 11.1. The molecule has 0 bridgehead atoms. The standard InChI is InChI=1S/C17H26N2O4/c1-4-16(20)18-7-9-23-15(11-18)12-19(17(21)13(2)3)10-14-6-5-8-22-14/h5-6,8,13,15H,4,7,9-12H2,1-3H3. The van der Waals surface area contributed by atoms with Crippen molar-refractivity contribution in [3.05, 3.63) is 24.2 Å². The number of furan rings is 1. The van der Waals surface area contributed by atoms with Crippen LogP contribution >= 0.6 is 0 Å². The van der Waals surface area contributed by atoms with Crippen molar-refractivity contribution in [3.63, 3.8) is 0 Å². The van der Waals surface area contributed by atoms with Gasteiger partial charge in [-0.1, -0.05) is 20.8 Å². The van der Waals surface area contributed by atoms with Crippen LogP contribution in [0.3, 0.4) is 0 Å².